The van der Waals surface area contributed by atoms with E-state index in [0.29, 0.717) is 16.8 Å². The first-order valence-corrected chi connectivity index (χ1v) is 4.83. The predicted molar refractivity (Wildman–Crippen MR) is 63.1 cm³/mol. The van der Waals surface area contributed by atoms with Crippen molar-refractivity contribution in [3.05, 3.63) is 29.3 Å². The molecule has 0 spiro atoms. The Morgan fingerprint density at radius 2 is 2.24 bits per heavy atom. The third-order valence-electron chi connectivity index (χ3n) is 2.13. The van der Waals surface area contributed by atoms with Gasteiger partial charge in [0.1, 0.15) is 6.54 Å². The van der Waals surface area contributed by atoms with Crippen molar-refractivity contribution in [2.24, 2.45) is 0 Å². The molecule has 1 rings (SSSR count). The molecule has 0 aliphatic carbocycles. The Morgan fingerprint density at radius 3 is 2.82 bits per heavy atom. The van der Waals surface area contributed by atoms with Crippen LogP contribution in [0.2, 0.25) is 0 Å². The van der Waals surface area contributed by atoms with Crippen molar-refractivity contribution in [2.45, 2.75) is 0 Å². The summed E-state index contributed by atoms with van der Waals surface area (Å²) in [5.41, 5.74) is 6.80. The first-order chi connectivity index (χ1) is 8.08. The highest BCUT2D eigenvalue weighted by atomic mass is 16.5. The second-order valence-electron chi connectivity index (χ2n) is 3.25. The van der Waals surface area contributed by atoms with Gasteiger partial charge in [-0.15, -0.1) is 0 Å². The number of nitrogens with two attached hydrogens (primary N) is 1. The normalized spacial score (nSPS) is 9.47. The van der Waals surface area contributed by atoms with Gasteiger partial charge in [0.15, 0.2) is 0 Å². The number of ether oxygens (including phenoxy) is 1. The van der Waals surface area contributed by atoms with Gasteiger partial charge < -0.3 is 21.2 Å². The molecule has 6 heteroatoms. The minimum atomic E-state index is -0.527. The van der Waals surface area contributed by atoms with Crippen molar-refractivity contribution in [3.8, 4) is 0 Å². The van der Waals surface area contributed by atoms with E-state index in [2.05, 4.69) is 10.1 Å². The summed E-state index contributed by atoms with van der Waals surface area (Å²) in [4.78, 5) is 22.4. The minimum absolute atomic E-state index is 0.195. The fraction of sp³-hybridized carbons (Fsp3) is 0.182. The van der Waals surface area contributed by atoms with Crippen LogP contribution in [0.3, 0.4) is 0 Å². The van der Waals surface area contributed by atoms with Crippen LogP contribution in [-0.4, -0.2) is 31.7 Å². The van der Waals surface area contributed by atoms with Crippen molar-refractivity contribution in [3.63, 3.8) is 0 Å². The number of nitrogen functional groups attached to an aromatic ring is 1. The van der Waals surface area contributed by atoms with E-state index in [4.69, 9.17) is 11.1 Å². The van der Waals surface area contributed by atoms with Crippen LogP contribution in [0.5, 0.6) is 0 Å². The van der Waals surface area contributed by atoms with E-state index < -0.39 is 11.9 Å². The Hall–Kier alpha value is -2.37. The molecule has 6 nitrogen and oxygen atoms in total. The van der Waals surface area contributed by atoms with Gasteiger partial charge in [0, 0.05) is 23.0 Å². The Balaban J connectivity index is 2.76. The molecule has 1 amide bonds. The number of carbonyl (C=O) groups excluding carboxylic acids is 2. The van der Waals surface area contributed by atoms with E-state index in [-0.39, 0.29) is 6.54 Å². The quantitative estimate of drug-likeness (QED) is 0.393. The Labute approximate surface area is 98.3 Å². The number of rotatable bonds is 4. The third-order valence-corrected chi connectivity index (χ3v) is 2.13. The second kappa shape index (κ2) is 5.64. The summed E-state index contributed by atoms with van der Waals surface area (Å²) < 4.78 is 4.39. The average molecular weight is 235 g/mol. The van der Waals surface area contributed by atoms with Crippen LogP contribution >= 0.6 is 0 Å². The number of hydrogen-bond donors (Lipinski definition) is 3. The fourth-order valence-electron chi connectivity index (χ4n) is 1.17. The molecule has 4 N–H and O–H groups in total. The smallest absolute Gasteiger partial charge is 0.325 e. The maximum absolute atomic E-state index is 11.6. The summed E-state index contributed by atoms with van der Waals surface area (Å²) in [6.07, 6.45) is 1.06. The van der Waals surface area contributed by atoms with Crippen LogP contribution in [0.25, 0.3) is 0 Å². The summed E-state index contributed by atoms with van der Waals surface area (Å²) in [6, 6.07) is 4.54. The van der Waals surface area contributed by atoms with Crippen LogP contribution in [-0.2, 0) is 9.53 Å². The fourth-order valence-corrected chi connectivity index (χ4v) is 1.17. The van der Waals surface area contributed by atoms with Crippen LogP contribution in [0.15, 0.2) is 18.2 Å². The highest BCUT2D eigenvalue weighted by molar-refractivity contribution is 5.98. The summed E-state index contributed by atoms with van der Waals surface area (Å²) >= 11 is 0. The van der Waals surface area contributed by atoms with E-state index in [1.54, 1.807) is 0 Å². The lowest BCUT2D eigenvalue weighted by molar-refractivity contribution is -0.139. The topological polar surface area (TPSA) is 105 Å². The zero-order valence-electron chi connectivity index (χ0n) is 9.32. The molecule has 0 fully saturated rings. The summed E-state index contributed by atoms with van der Waals surface area (Å²) in [5.74, 6) is -0.945. The SMILES string of the molecule is COC(=O)CNC(=O)c1ccc(N)c(C=N)c1. The Morgan fingerprint density at radius 1 is 1.53 bits per heavy atom. The monoisotopic (exact) mass is 235 g/mol. The van der Waals surface area contributed by atoms with Crippen molar-refractivity contribution >= 4 is 23.8 Å². The van der Waals surface area contributed by atoms with Crippen LogP contribution in [0, 0.1) is 5.41 Å². The molecule has 0 atom stereocenters. The third kappa shape index (κ3) is 3.30. The Bertz CT molecular complexity index is 457. The maximum Gasteiger partial charge on any atom is 0.325 e. The van der Waals surface area contributed by atoms with Gasteiger partial charge in [-0.1, -0.05) is 0 Å². The van der Waals surface area contributed by atoms with Gasteiger partial charge >= 0.3 is 5.97 Å². The molecule has 1 aromatic rings. The van der Waals surface area contributed by atoms with Gasteiger partial charge in [-0.3, -0.25) is 9.59 Å². The van der Waals surface area contributed by atoms with Gasteiger partial charge in [0.2, 0.25) is 0 Å². The molecule has 0 saturated heterocycles. The van der Waals surface area contributed by atoms with E-state index in [9.17, 15) is 9.59 Å². The number of anilines is 1. The second-order valence-corrected chi connectivity index (χ2v) is 3.25. The highest BCUT2D eigenvalue weighted by Gasteiger charge is 2.09. The van der Waals surface area contributed by atoms with Crippen LogP contribution in [0.1, 0.15) is 15.9 Å². The van der Waals surface area contributed by atoms with Crippen molar-refractivity contribution in [2.75, 3.05) is 19.4 Å². The van der Waals surface area contributed by atoms with Gasteiger partial charge in [-0.05, 0) is 18.2 Å². The molecular formula is C11H13N3O3. The molecule has 0 saturated carbocycles. The standard InChI is InChI=1S/C11H13N3O3/c1-17-10(15)6-14-11(16)7-2-3-9(13)8(4-7)5-12/h2-5,12H,6,13H2,1H3,(H,14,16). The number of benzene rings is 1. The lowest BCUT2D eigenvalue weighted by atomic mass is 10.1. The lowest BCUT2D eigenvalue weighted by Crippen LogP contribution is -2.30. The van der Waals surface area contributed by atoms with E-state index in [0.717, 1.165) is 6.21 Å². The predicted octanol–water partition coefficient (Wildman–Crippen LogP) is 0.169. The number of hydrogen-bond acceptors (Lipinski definition) is 5. The molecule has 0 radical (unpaired) electrons. The zero-order chi connectivity index (χ0) is 12.8. The van der Waals surface area contributed by atoms with Gasteiger partial charge in [0.05, 0.1) is 7.11 Å². The number of nitrogens with one attached hydrogen (secondary N) is 2. The minimum Gasteiger partial charge on any atom is -0.468 e. The lowest BCUT2D eigenvalue weighted by Gasteiger charge is -2.06. The highest BCUT2D eigenvalue weighted by Crippen LogP contribution is 2.11. The van der Waals surface area contributed by atoms with Gasteiger partial charge in [-0.25, -0.2) is 0 Å². The molecule has 0 bridgehead atoms. The average Bonchev–Trinajstić information content (AvgIpc) is 2.35. The molecule has 90 valence electrons. The van der Waals surface area contributed by atoms with Gasteiger partial charge in [0.25, 0.3) is 5.91 Å². The number of esters is 1. The molecule has 1 aromatic carbocycles. The van der Waals surface area contributed by atoms with Crippen molar-refractivity contribution in [1.29, 1.82) is 5.41 Å². The molecule has 0 aliphatic rings. The zero-order valence-corrected chi connectivity index (χ0v) is 9.32. The van der Waals surface area contributed by atoms with E-state index >= 15 is 0 Å². The van der Waals surface area contributed by atoms with Crippen molar-refractivity contribution < 1.29 is 14.3 Å². The largest absolute Gasteiger partial charge is 0.468 e. The molecule has 0 aromatic heterocycles. The number of methoxy groups -OCH3 is 1. The molecule has 0 unspecified atom stereocenters. The molecule has 0 heterocycles. The first kappa shape index (κ1) is 12.7. The maximum atomic E-state index is 11.6. The van der Waals surface area contributed by atoms with Crippen LogP contribution < -0.4 is 11.1 Å². The Kier molecular flexibility index (Phi) is 4.21. The van der Waals surface area contributed by atoms with E-state index in [1.165, 1.54) is 25.3 Å². The molecule has 0 aliphatic heterocycles. The van der Waals surface area contributed by atoms with E-state index in [1.807, 2.05) is 0 Å². The summed E-state index contributed by atoms with van der Waals surface area (Å²) in [6.45, 7) is -0.195. The number of amides is 1. The van der Waals surface area contributed by atoms with Crippen LogP contribution in [0.4, 0.5) is 5.69 Å². The number of carbonyl (C=O) groups is 2. The van der Waals surface area contributed by atoms with Gasteiger partial charge in [-0.2, -0.15) is 0 Å². The first-order valence-electron chi connectivity index (χ1n) is 4.83. The van der Waals surface area contributed by atoms with Crippen molar-refractivity contribution in [1.82, 2.24) is 5.32 Å². The molecular weight excluding hydrogens is 222 g/mol. The summed E-state index contributed by atoms with van der Waals surface area (Å²) in [5, 5.41) is 9.50. The summed E-state index contributed by atoms with van der Waals surface area (Å²) in [7, 11) is 1.24. The molecule has 17 heavy (non-hydrogen) atoms.